The Morgan fingerprint density at radius 1 is 1.33 bits per heavy atom. The molecule has 0 radical (unpaired) electrons. The van der Waals surface area contributed by atoms with E-state index in [2.05, 4.69) is 32.5 Å². The van der Waals surface area contributed by atoms with Crippen LogP contribution in [0.2, 0.25) is 5.02 Å². The zero-order chi connectivity index (χ0) is 21.4. The van der Waals surface area contributed by atoms with Crippen molar-refractivity contribution in [2.24, 2.45) is 0 Å². The van der Waals surface area contributed by atoms with E-state index in [4.69, 9.17) is 18.0 Å². The lowest BCUT2D eigenvalue weighted by Gasteiger charge is -2.14. The number of fused-ring (bicyclic) bond motifs is 1. The number of terminal acetylenes is 1. The van der Waals surface area contributed by atoms with Gasteiger partial charge in [-0.15, -0.1) is 0 Å². The largest absolute Gasteiger partial charge is 0.305 e. The third kappa shape index (κ3) is 3.16. The summed E-state index contributed by atoms with van der Waals surface area (Å²) in [6.45, 7) is 3.16. The van der Waals surface area contributed by atoms with Crippen molar-refractivity contribution in [3.63, 3.8) is 0 Å². The number of carbonyl (C=O) groups is 1. The molecule has 9 heteroatoms. The molecule has 4 aromatic heterocycles. The number of rotatable bonds is 4. The smallest absolute Gasteiger partial charge is 0.163 e. The van der Waals surface area contributed by atoms with Gasteiger partial charge in [0, 0.05) is 35.8 Å². The minimum atomic E-state index is -0.211. The van der Waals surface area contributed by atoms with E-state index in [1.165, 1.54) is 11.6 Å². The fraction of sp³-hybridized carbons (Fsp3) is 0.0952. The average molecular weight is 416 g/mol. The van der Waals surface area contributed by atoms with Gasteiger partial charge in [0.25, 0.3) is 0 Å². The van der Waals surface area contributed by atoms with E-state index in [0.717, 1.165) is 0 Å². The Hall–Kier alpha value is -4.14. The number of nitrogens with zero attached hydrogens (tertiary/aromatic N) is 6. The summed E-state index contributed by atoms with van der Waals surface area (Å²) in [6, 6.07) is 7.81. The van der Waals surface area contributed by atoms with Crippen molar-refractivity contribution in [1.82, 2.24) is 24.1 Å². The first-order chi connectivity index (χ1) is 14.4. The van der Waals surface area contributed by atoms with Gasteiger partial charge < -0.3 is 4.40 Å². The molecule has 0 spiro atoms. The number of nitrogens with one attached hydrogen (secondary N) is 1. The number of imidazole rings is 1. The quantitative estimate of drug-likeness (QED) is 0.310. The van der Waals surface area contributed by atoms with Crippen molar-refractivity contribution in [1.29, 1.82) is 5.26 Å². The number of ketones is 1. The summed E-state index contributed by atoms with van der Waals surface area (Å²) in [7, 11) is 0. The van der Waals surface area contributed by atoms with E-state index < -0.39 is 0 Å². The molecule has 0 aliphatic heterocycles. The van der Waals surface area contributed by atoms with Gasteiger partial charge in [-0.2, -0.15) is 10.4 Å². The van der Waals surface area contributed by atoms with Crippen molar-refractivity contribution in [3.8, 4) is 35.5 Å². The number of hydrogen-bond donors (Lipinski definition) is 1. The van der Waals surface area contributed by atoms with Gasteiger partial charge in [-0.25, -0.2) is 14.6 Å². The third-order valence-corrected chi connectivity index (χ3v) is 4.84. The SMILES string of the molecule is C#CNc1nc(-n2cc(C#N)c(C)n2)c(-c2cc(Cl)c3nccn3c2)cc1C(C)=O. The summed E-state index contributed by atoms with van der Waals surface area (Å²) in [5.74, 6) is 0.403. The van der Waals surface area contributed by atoms with Crippen LogP contribution in [0.15, 0.2) is 36.9 Å². The van der Waals surface area contributed by atoms with Crippen molar-refractivity contribution in [2.45, 2.75) is 13.8 Å². The highest BCUT2D eigenvalue weighted by atomic mass is 35.5. The average Bonchev–Trinajstić information content (AvgIpc) is 3.34. The lowest BCUT2D eigenvalue weighted by Crippen LogP contribution is -2.09. The Balaban J connectivity index is 2.05. The Bertz CT molecular complexity index is 1400. The first-order valence-corrected chi connectivity index (χ1v) is 9.17. The highest BCUT2D eigenvalue weighted by Gasteiger charge is 2.20. The molecule has 0 saturated heterocycles. The van der Waals surface area contributed by atoms with E-state index in [9.17, 15) is 10.1 Å². The lowest BCUT2D eigenvalue weighted by molar-refractivity contribution is 0.101. The highest BCUT2D eigenvalue weighted by Crippen LogP contribution is 2.32. The van der Waals surface area contributed by atoms with Crippen LogP contribution in [-0.2, 0) is 0 Å². The fourth-order valence-electron chi connectivity index (χ4n) is 3.14. The molecule has 0 aromatic carbocycles. The van der Waals surface area contributed by atoms with Crippen LogP contribution in [0.5, 0.6) is 0 Å². The molecule has 30 heavy (non-hydrogen) atoms. The zero-order valence-electron chi connectivity index (χ0n) is 16.0. The Labute approximate surface area is 176 Å². The predicted molar refractivity (Wildman–Crippen MR) is 112 cm³/mol. The second-order valence-corrected chi connectivity index (χ2v) is 6.91. The van der Waals surface area contributed by atoms with E-state index in [1.54, 1.807) is 42.0 Å². The van der Waals surface area contributed by atoms with Crippen LogP contribution in [0.1, 0.15) is 28.5 Å². The van der Waals surface area contributed by atoms with Gasteiger partial charge in [-0.05, 0) is 26.0 Å². The van der Waals surface area contributed by atoms with E-state index in [-0.39, 0.29) is 11.6 Å². The molecule has 0 amide bonds. The molecule has 4 aromatic rings. The van der Waals surface area contributed by atoms with Crippen LogP contribution in [0.25, 0.3) is 22.6 Å². The van der Waals surface area contributed by atoms with Gasteiger partial charge in [-0.1, -0.05) is 18.0 Å². The molecule has 0 bridgehead atoms. The summed E-state index contributed by atoms with van der Waals surface area (Å²) in [6.07, 6.45) is 12.2. The molecule has 0 unspecified atom stereocenters. The molecule has 4 rings (SSSR count). The van der Waals surface area contributed by atoms with Gasteiger partial charge in [0.2, 0.25) is 0 Å². The molecule has 1 N–H and O–H groups in total. The minimum Gasteiger partial charge on any atom is -0.305 e. The maximum atomic E-state index is 12.3. The molecule has 0 fully saturated rings. The number of Topliss-reactive ketones (excluding diaryl/α,β-unsaturated/α-hetero) is 1. The highest BCUT2D eigenvalue weighted by molar-refractivity contribution is 6.33. The summed E-state index contributed by atoms with van der Waals surface area (Å²) in [5, 5.41) is 16.8. The van der Waals surface area contributed by atoms with Gasteiger partial charge in [0.05, 0.1) is 28.0 Å². The van der Waals surface area contributed by atoms with Crippen LogP contribution in [0.4, 0.5) is 5.82 Å². The van der Waals surface area contributed by atoms with Crippen molar-refractivity contribution in [2.75, 3.05) is 5.32 Å². The van der Waals surface area contributed by atoms with E-state index in [0.29, 0.717) is 44.4 Å². The first kappa shape index (κ1) is 19.2. The zero-order valence-corrected chi connectivity index (χ0v) is 16.8. The first-order valence-electron chi connectivity index (χ1n) is 8.80. The van der Waals surface area contributed by atoms with Crippen LogP contribution >= 0.6 is 11.6 Å². The molecule has 4 heterocycles. The third-order valence-electron chi connectivity index (χ3n) is 4.56. The van der Waals surface area contributed by atoms with Crippen LogP contribution < -0.4 is 5.32 Å². The van der Waals surface area contributed by atoms with Crippen molar-refractivity contribution < 1.29 is 4.79 Å². The number of aryl methyl sites for hydroxylation is 1. The molecule has 0 saturated carbocycles. The maximum Gasteiger partial charge on any atom is 0.163 e. The van der Waals surface area contributed by atoms with Crippen LogP contribution in [0.3, 0.4) is 0 Å². The summed E-state index contributed by atoms with van der Waals surface area (Å²) in [4.78, 5) is 21.0. The number of nitriles is 1. The lowest BCUT2D eigenvalue weighted by atomic mass is 10.0. The van der Waals surface area contributed by atoms with Gasteiger partial charge in [-0.3, -0.25) is 10.1 Å². The fourth-order valence-corrected chi connectivity index (χ4v) is 3.40. The number of anilines is 1. The van der Waals surface area contributed by atoms with Crippen molar-refractivity contribution in [3.05, 3.63) is 58.8 Å². The summed E-state index contributed by atoms with van der Waals surface area (Å²) >= 11 is 6.41. The van der Waals surface area contributed by atoms with E-state index >= 15 is 0 Å². The monoisotopic (exact) mass is 415 g/mol. The predicted octanol–water partition coefficient (Wildman–Crippen LogP) is 3.62. The number of hydrogen-bond acceptors (Lipinski definition) is 6. The maximum absolute atomic E-state index is 12.3. The molecule has 0 aliphatic carbocycles. The number of carbonyl (C=O) groups excluding carboxylic acids is 1. The normalized spacial score (nSPS) is 10.6. The molecular formula is C21H14ClN7O. The molecule has 0 atom stereocenters. The molecule has 0 aliphatic rings. The molecular weight excluding hydrogens is 402 g/mol. The van der Waals surface area contributed by atoms with Crippen LogP contribution in [0, 0.1) is 30.7 Å². The molecule has 146 valence electrons. The summed E-state index contributed by atoms with van der Waals surface area (Å²) < 4.78 is 3.26. The van der Waals surface area contributed by atoms with Gasteiger partial charge in [0.15, 0.2) is 23.1 Å². The van der Waals surface area contributed by atoms with Gasteiger partial charge >= 0.3 is 0 Å². The Kier molecular flexibility index (Phi) is 4.71. The number of pyridine rings is 2. The molecule has 8 nitrogen and oxygen atoms in total. The Morgan fingerprint density at radius 2 is 2.13 bits per heavy atom. The number of halogens is 1. The topological polar surface area (TPSA) is 101 Å². The van der Waals surface area contributed by atoms with Crippen molar-refractivity contribution >= 4 is 28.8 Å². The standard InChI is InChI=1S/C21H14ClN7O/c1-4-24-19-16(13(3)30)8-17(14-7-18(22)21-25-5-6-28(21)10-14)20(26-19)29-11-15(9-23)12(2)27-29/h1,5-8,10-11H,2-3H3,(H,24,26). The minimum absolute atomic E-state index is 0.211. The van der Waals surface area contributed by atoms with Gasteiger partial charge in [0.1, 0.15) is 6.07 Å². The summed E-state index contributed by atoms with van der Waals surface area (Å²) in [5.41, 5.74) is 3.16. The second kappa shape index (κ2) is 7.36. The van der Waals surface area contributed by atoms with Crippen LogP contribution in [-0.4, -0.2) is 29.9 Å². The number of aromatic nitrogens is 5. The Morgan fingerprint density at radius 3 is 2.80 bits per heavy atom. The second-order valence-electron chi connectivity index (χ2n) is 6.50. The van der Waals surface area contributed by atoms with E-state index in [1.807, 2.05) is 6.20 Å².